The van der Waals surface area contributed by atoms with Crippen molar-refractivity contribution < 1.29 is 9.53 Å². The quantitative estimate of drug-likeness (QED) is 0.741. The SMILES string of the molecule is Cc1cc(CC(C)NC(=O)Nc2ccccc2CN2CCOCC2)n[nH]1. The van der Waals surface area contributed by atoms with Gasteiger partial charge < -0.3 is 15.4 Å². The van der Waals surface area contributed by atoms with Crippen molar-refractivity contribution in [1.29, 1.82) is 0 Å². The van der Waals surface area contributed by atoms with Gasteiger partial charge >= 0.3 is 6.03 Å². The lowest BCUT2D eigenvalue weighted by Crippen LogP contribution is -2.38. The van der Waals surface area contributed by atoms with Gasteiger partial charge in [0, 0.05) is 43.5 Å². The number of H-pyrrole nitrogens is 1. The fourth-order valence-electron chi connectivity index (χ4n) is 3.11. The second-order valence-electron chi connectivity index (χ2n) is 6.79. The summed E-state index contributed by atoms with van der Waals surface area (Å²) in [4.78, 5) is 14.7. The van der Waals surface area contributed by atoms with Gasteiger partial charge in [-0.3, -0.25) is 10.00 Å². The van der Waals surface area contributed by atoms with E-state index >= 15 is 0 Å². The number of carbonyl (C=O) groups excluding carboxylic acids is 1. The summed E-state index contributed by atoms with van der Waals surface area (Å²) < 4.78 is 5.40. The number of anilines is 1. The van der Waals surface area contributed by atoms with E-state index in [1.165, 1.54) is 0 Å². The summed E-state index contributed by atoms with van der Waals surface area (Å²) in [6, 6.07) is 9.73. The summed E-state index contributed by atoms with van der Waals surface area (Å²) in [5.41, 5.74) is 3.93. The van der Waals surface area contributed by atoms with E-state index in [2.05, 4.69) is 31.8 Å². The van der Waals surface area contributed by atoms with E-state index in [4.69, 9.17) is 4.74 Å². The Morgan fingerprint density at radius 1 is 1.35 bits per heavy atom. The van der Waals surface area contributed by atoms with Gasteiger partial charge in [0.2, 0.25) is 0 Å². The number of carbonyl (C=O) groups is 1. The molecule has 140 valence electrons. The summed E-state index contributed by atoms with van der Waals surface area (Å²) in [7, 11) is 0. The predicted molar refractivity (Wildman–Crippen MR) is 101 cm³/mol. The molecule has 1 aromatic heterocycles. The number of morpholine rings is 1. The highest BCUT2D eigenvalue weighted by molar-refractivity contribution is 5.90. The number of ether oxygens (including phenoxy) is 1. The van der Waals surface area contributed by atoms with Crippen LogP contribution in [0.2, 0.25) is 0 Å². The molecule has 1 aliphatic rings. The number of hydrogen-bond acceptors (Lipinski definition) is 4. The molecule has 0 bridgehead atoms. The predicted octanol–water partition coefficient (Wildman–Crippen LogP) is 2.30. The van der Waals surface area contributed by atoms with Crippen LogP contribution in [-0.4, -0.2) is 53.5 Å². The monoisotopic (exact) mass is 357 g/mol. The molecule has 1 atom stereocenters. The molecule has 1 saturated heterocycles. The van der Waals surface area contributed by atoms with E-state index in [-0.39, 0.29) is 12.1 Å². The zero-order valence-corrected chi connectivity index (χ0v) is 15.4. The van der Waals surface area contributed by atoms with E-state index < -0.39 is 0 Å². The number of amides is 2. The number of benzene rings is 1. The molecule has 1 unspecified atom stereocenters. The minimum absolute atomic E-state index is 0.0101. The van der Waals surface area contributed by atoms with Crippen molar-refractivity contribution in [2.24, 2.45) is 0 Å². The Labute approximate surface area is 154 Å². The molecule has 7 heteroatoms. The summed E-state index contributed by atoms with van der Waals surface area (Å²) in [6.45, 7) is 8.11. The first-order valence-electron chi connectivity index (χ1n) is 9.06. The lowest BCUT2D eigenvalue weighted by molar-refractivity contribution is 0.0343. The molecule has 0 radical (unpaired) electrons. The van der Waals surface area contributed by atoms with E-state index in [1.807, 2.05) is 38.1 Å². The number of nitrogens with one attached hydrogen (secondary N) is 3. The minimum atomic E-state index is -0.195. The molecule has 2 aromatic rings. The fraction of sp³-hybridized carbons (Fsp3) is 0.474. The number of urea groups is 1. The third kappa shape index (κ3) is 5.31. The van der Waals surface area contributed by atoms with Crippen LogP contribution in [0.4, 0.5) is 10.5 Å². The molecule has 3 N–H and O–H groups in total. The van der Waals surface area contributed by atoms with Crippen LogP contribution in [0.15, 0.2) is 30.3 Å². The first-order chi connectivity index (χ1) is 12.6. The number of aromatic amines is 1. The summed E-state index contributed by atoms with van der Waals surface area (Å²) in [5.74, 6) is 0. The van der Waals surface area contributed by atoms with Crippen molar-refractivity contribution >= 4 is 11.7 Å². The van der Waals surface area contributed by atoms with Gasteiger partial charge in [-0.15, -0.1) is 0 Å². The Bertz CT molecular complexity index is 724. The maximum absolute atomic E-state index is 12.4. The molecule has 0 spiro atoms. The molecule has 1 aromatic carbocycles. The lowest BCUT2D eigenvalue weighted by atomic mass is 10.1. The number of hydrogen-bond donors (Lipinski definition) is 3. The van der Waals surface area contributed by atoms with Crippen LogP contribution in [0.1, 0.15) is 23.9 Å². The molecular weight excluding hydrogens is 330 g/mol. The second kappa shape index (κ2) is 8.82. The molecule has 0 saturated carbocycles. The lowest BCUT2D eigenvalue weighted by Gasteiger charge is -2.27. The van der Waals surface area contributed by atoms with Crippen LogP contribution in [0.25, 0.3) is 0 Å². The summed E-state index contributed by atoms with van der Waals surface area (Å²) in [5, 5.41) is 13.1. The maximum Gasteiger partial charge on any atom is 0.319 e. The molecule has 2 amide bonds. The molecule has 1 fully saturated rings. The second-order valence-corrected chi connectivity index (χ2v) is 6.79. The summed E-state index contributed by atoms with van der Waals surface area (Å²) in [6.07, 6.45) is 0.688. The van der Waals surface area contributed by atoms with Gasteiger partial charge in [-0.05, 0) is 31.5 Å². The van der Waals surface area contributed by atoms with Gasteiger partial charge in [0.25, 0.3) is 0 Å². The van der Waals surface area contributed by atoms with Crippen LogP contribution >= 0.6 is 0 Å². The van der Waals surface area contributed by atoms with Crippen molar-refractivity contribution in [2.75, 3.05) is 31.6 Å². The number of para-hydroxylation sites is 1. The first kappa shape index (κ1) is 18.4. The molecular formula is C19H27N5O2. The van der Waals surface area contributed by atoms with Crippen LogP contribution in [0.3, 0.4) is 0 Å². The number of aryl methyl sites for hydroxylation is 1. The molecule has 2 heterocycles. The normalized spacial score (nSPS) is 16.2. The topological polar surface area (TPSA) is 82.3 Å². The van der Waals surface area contributed by atoms with Gasteiger partial charge in [0.15, 0.2) is 0 Å². The highest BCUT2D eigenvalue weighted by Crippen LogP contribution is 2.18. The Kier molecular flexibility index (Phi) is 6.25. The minimum Gasteiger partial charge on any atom is -0.379 e. The van der Waals surface area contributed by atoms with Gasteiger partial charge in [-0.1, -0.05) is 18.2 Å². The summed E-state index contributed by atoms with van der Waals surface area (Å²) >= 11 is 0. The Hall–Kier alpha value is -2.38. The number of nitrogens with zero attached hydrogens (tertiary/aromatic N) is 2. The molecule has 3 rings (SSSR count). The van der Waals surface area contributed by atoms with Crippen molar-refractivity contribution in [3.63, 3.8) is 0 Å². The van der Waals surface area contributed by atoms with Crippen molar-refractivity contribution in [3.05, 3.63) is 47.3 Å². The Balaban J connectivity index is 1.54. The van der Waals surface area contributed by atoms with E-state index in [0.717, 1.165) is 55.5 Å². The third-order valence-electron chi connectivity index (χ3n) is 4.42. The molecule has 0 aliphatic carbocycles. The van der Waals surface area contributed by atoms with E-state index in [0.29, 0.717) is 6.42 Å². The van der Waals surface area contributed by atoms with Crippen LogP contribution in [0.5, 0.6) is 0 Å². The third-order valence-corrected chi connectivity index (χ3v) is 4.42. The van der Waals surface area contributed by atoms with Crippen LogP contribution in [-0.2, 0) is 17.7 Å². The zero-order valence-electron chi connectivity index (χ0n) is 15.4. The highest BCUT2D eigenvalue weighted by atomic mass is 16.5. The van der Waals surface area contributed by atoms with Crippen LogP contribution < -0.4 is 10.6 Å². The van der Waals surface area contributed by atoms with Crippen molar-refractivity contribution in [1.82, 2.24) is 20.4 Å². The van der Waals surface area contributed by atoms with E-state index in [9.17, 15) is 4.79 Å². The largest absolute Gasteiger partial charge is 0.379 e. The molecule has 7 nitrogen and oxygen atoms in total. The Morgan fingerprint density at radius 2 is 2.12 bits per heavy atom. The van der Waals surface area contributed by atoms with Crippen molar-refractivity contribution in [2.45, 2.75) is 32.9 Å². The zero-order chi connectivity index (χ0) is 18.4. The highest BCUT2D eigenvalue weighted by Gasteiger charge is 2.15. The first-order valence-corrected chi connectivity index (χ1v) is 9.06. The number of rotatable bonds is 6. The molecule has 26 heavy (non-hydrogen) atoms. The van der Waals surface area contributed by atoms with Crippen LogP contribution in [0, 0.1) is 6.92 Å². The van der Waals surface area contributed by atoms with Gasteiger partial charge in [0.05, 0.1) is 18.9 Å². The van der Waals surface area contributed by atoms with Gasteiger partial charge in [-0.2, -0.15) is 5.10 Å². The average molecular weight is 357 g/mol. The van der Waals surface area contributed by atoms with Gasteiger partial charge in [-0.25, -0.2) is 4.79 Å². The standard InChI is InChI=1S/C19H27N5O2/c1-14(11-17-12-15(2)22-23-17)20-19(25)21-18-6-4-3-5-16(18)13-24-7-9-26-10-8-24/h3-6,12,14H,7-11,13H2,1-2H3,(H,22,23)(H2,20,21,25). The molecule has 1 aliphatic heterocycles. The maximum atomic E-state index is 12.4. The van der Waals surface area contributed by atoms with E-state index in [1.54, 1.807) is 0 Å². The van der Waals surface area contributed by atoms with Gasteiger partial charge in [0.1, 0.15) is 0 Å². The smallest absolute Gasteiger partial charge is 0.319 e. The Morgan fingerprint density at radius 3 is 2.85 bits per heavy atom. The van der Waals surface area contributed by atoms with Crippen molar-refractivity contribution in [3.8, 4) is 0 Å². The average Bonchev–Trinajstić information content (AvgIpc) is 3.02. The number of aromatic nitrogens is 2. The fourth-order valence-corrected chi connectivity index (χ4v) is 3.11.